The van der Waals surface area contributed by atoms with Crippen molar-refractivity contribution < 1.29 is 0 Å². The summed E-state index contributed by atoms with van der Waals surface area (Å²) < 4.78 is 0. The quantitative estimate of drug-likeness (QED) is 0.693. The molecule has 0 amide bonds. The zero-order valence-electron chi connectivity index (χ0n) is 8.73. The molecule has 0 aliphatic carbocycles. The van der Waals surface area contributed by atoms with E-state index in [-0.39, 0.29) is 0 Å². The fraction of sp³-hybridized carbons (Fsp3) is 0.500. The second kappa shape index (κ2) is 3.56. The molecule has 0 saturated carbocycles. The molecule has 1 aromatic rings. The van der Waals surface area contributed by atoms with Crippen LogP contribution < -0.4 is 5.32 Å². The molecule has 0 unspecified atom stereocenters. The first-order valence-corrected chi connectivity index (χ1v) is 5.43. The maximum Gasteiger partial charge on any atom is 0.0409 e. The Labute approximate surface area is 90.5 Å². The Bertz CT molecular complexity index is 344. The van der Waals surface area contributed by atoms with Crippen LogP contribution in [0.25, 0.3) is 0 Å². The molecule has 1 aliphatic rings. The molecule has 0 radical (unpaired) electrons. The van der Waals surface area contributed by atoms with Crippen LogP contribution >= 0.6 is 11.6 Å². The van der Waals surface area contributed by atoms with Crippen molar-refractivity contribution in [1.82, 2.24) is 5.32 Å². The maximum atomic E-state index is 5.97. The molecule has 76 valence electrons. The summed E-state index contributed by atoms with van der Waals surface area (Å²) in [7, 11) is 0. The molecule has 0 fully saturated rings. The van der Waals surface area contributed by atoms with E-state index in [1.165, 1.54) is 11.1 Å². The van der Waals surface area contributed by atoms with Gasteiger partial charge in [-0.1, -0.05) is 31.5 Å². The van der Waals surface area contributed by atoms with Crippen LogP contribution in [0, 0.1) is 5.41 Å². The van der Waals surface area contributed by atoms with Crippen molar-refractivity contribution in [3.63, 3.8) is 0 Å². The summed E-state index contributed by atoms with van der Waals surface area (Å²) in [4.78, 5) is 0. The van der Waals surface area contributed by atoms with Gasteiger partial charge in [0, 0.05) is 18.1 Å². The van der Waals surface area contributed by atoms with Gasteiger partial charge in [-0.25, -0.2) is 0 Å². The molecule has 0 atom stereocenters. The highest BCUT2D eigenvalue weighted by Crippen LogP contribution is 2.27. The molecule has 1 nitrogen and oxygen atoms in total. The predicted octanol–water partition coefficient (Wildman–Crippen LogP) is 3.01. The lowest BCUT2D eigenvalue weighted by atomic mass is 9.85. The number of hydrogen-bond acceptors (Lipinski definition) is 1. The number of nitrogens with one attached hydrogen (secondary N) is 1. The first-order valence-electron chi connectivity index (χ1n) is 5.05. The Morgan fingerprint density at radius 3 is 2.86 bits per heavy atom. The Morgan fingerprint density at radius 1 is 1.29 bits per heavy atom. The summed E-state index contributed by atoms with van der Waals surface area (Å²) in [5, 5.41) is 4.30. The Morgan fingerprint density at radius 2 is 2.07 bits per heavy atom. The average Bonchev–Trinajstić information content (AvgIpc) is 2.22. The molecule has 14 heavy (non-hydrogen) atoms. The third-order valence-electron chi connectivity index (χ3n) is 2.76. The minimum absolute atomic E-state index is 0.346. The van der Waals surface area contributed by atoms with Gasteiger partial charge in [-0.15, -0.1) is 0 Å². The predicted molar refractivity (Wildman–Crippen MR) is 60.6 cm³/mol. The van der Waals surface area contributed by atoms with Crippen molar-refractivity contribution in [1.29, 1.82) is 0 Å². The fourth-order valence-electron chi connectivity index (χ4n) is 2.05. The summed E-state index contributed by atoms with van der Waals surface area (Å²) in [6, 6.07) is 6.22. The summed E-state index contributed by atoms with van der Waals surface area (Å²) in [6.45, 7) is 6.60. The zero-order valence-corrected chi connectivity index (χ0v) is 9.49. The standard InChI is InChI=1S/C12H16ClN/c1-12(2)6-9-3-4-11(13)5-10(9)7-14-8-12/h3-5,14H,6-8H2,1-2H3. The maximum absolute atomic E-state index is 5.97. The van der Waals surface area contributed by atoms with E-state index in [1.54, 1.807) is 0 Å². The van der Waals surface area contributed by atoms with Crippen molar-refractivity contribution in [3.8, 4) is 0 Å². The number of fused-ring (bicyclic) bond motifs is 1. The molecular weight excluding hydrogens is 194 g/mol. The Hall–Kier alpha value is -0.530. The number of hydrogen-bond donors (Lipinski definition) is 1. The third-order valence-corrected chi connectivity index (χ3v) is 2.99. The topological polar surface area (TPSA) is 12.0 Å². The van der Waals surface area contributed by atoms with Gasteiger partial charge in [0.1, 0.15) is 0 Å². The van der Waals surface area contributed by atoms with Crippen molar-refractivity contribution >= 4 is 11.6 Å². The van der Waals surface area contributed by atoms with Gasteiger partial charge in [-0.3, -0.25) is 0 Å². The van der Waals surface area contributed by atoms with Crippen molar-refractivity contribution in [2.75, 3.05) is 6.54 Å². The van der Waals surface area contributed by atoms with Crippen LogP contribution in [0.15, 0.2) is 18.2 Å². The zero-order chi connectivity index (χ0) is 10.2. The van der Waals surface area contributed by atoms with Gasteiger partial charge in [-0.2, -0.15) is 0 Å². The van der Waals surface area contributed by atoms with Crippen LogP contribution in [-0.2, 0) is 13.0 Å². The first-order chi connectivity index (χ1) is 6.57. The molecule has 2 heteroatoms. The van der Waals surface area contributed by atoms with Crippen LogP contribution in [0.4, 0.5) is 0 Å². The molecule has 2 rings (SSSR count). The van der Waals surface area contributed by atoms with Gasteiger partial charge in [0.15, 0.2) is 0 Å². The van der Waals surface area contributed by atoms with Gasteiger partial charge in [0.05, 0.1) is 0 Å². The lowest BCUT2D eigenvalue weighted by Gasteiger charge is -2.22. The molecule has 1 N–H and O–H groups in total. The SMILES string of the molecule is CC1(C)CNCc2cc(Cl)ccc2C1. The summed E-state index contributed by atoms with van der Waals surface area (Å²) in [5.74, 6) is 0. The average molecular weight is 210 g/mol. The van der Waals surface area contributed by atoms with E-state index in [2.05, 4.69) is 31.3 Å². The van der Waals surface area contributed by atoms with Gasteiger partial charge >= 0.3 is 0 Å². The van der Waals surface area contributed by atoms with Crippen LogP contribution in [0.5, 0.6) is 0 Å². The first kappa shape index (κ1) is 10.0. The molecule has 1 heterocycles. The largest absolute Gasteiger partial charge is 0.312 e. The molecule has 0 saturated heterocycles. The van der Waals surface area contributed by atoms with E-state index in [1.807, 2.05) is 6.07 Å². The molecular formula is C12H16ClN. The number of rotatable bonds is 0. The summed E-state index contributed by atoms with van der Waals surface area (Å²) in [6.07, 6.45) is 1.13. The minimum atomic E-state index is 0.346. The van der Waals surface area contributed by atoms with Gasteiger partial charge in [-0.05, 0) is 35.1 Å². The monoisotopic (exact) mass is 209 g/mol. The molecule has 1 aromatic carbocycles. The van der Waals surface area contributed by atoms with E-state index >= 15 is 0 Å². The highest BCUT2D eigenvalue weighted by Gasteiger charge is 2.22. The molecule has 0 aromatic heterocycles. The smallest absolute Gasteiger partial charge is 0.0409 e. The third kappa shape index (κ3) is 2.10. The Balaban J connectivity index is 2.37. The van der Waals surface area contributed by atoms with Crippen molar-refractivity contribution in [3.05, 3.63) is 34.3 Å². The lowest BCUT2D eigenvalue weighted by molar-refractivity contribution is 0.349. The van der Waals surface area contributed by atoms with E-state index in [4.69, 9.17) is 11.6 Å². The highest BCUT2D eigenvalue weighted by molar-refractivity contribution is 6.30. The summed E-state index contributed by atoms with van der Waals surface area (Å²) in [5.41, 5.74) is 3.13. The van der Waals surface area contributed by atoms with Crippen LogP contribution in [0.3, 0.4) is 0 Å². The van der Waals surface area contributed by atoms with Gasteiger partial charge in [0.2, 0.25) is 0 Å². The van der Waals surface area contributed by atoms with Crippen molar-refractivity contribution in [2.24, 2.45) is 5.41 Å². The minimum Gasteiger partial charge on any atom is -0.312 e. The number of halogens is 1. The Kier molecular flexibility index (Phi) is 2.54. The lowest BCUT2D eigenvalue weighted by Crippen LogP contribution is -2.27. The van der Waals surface area contributed by atoms with Crippen molar-refractivity contribution in [2.45, 2.75) is 26.8 Å². The van der Waals surface area contributed by atoms with E-state index < -0.39 is 0 Å². The molecule has 1 aliphatic heterocycles. The molecule has 0 spiro atoms. The summed E-state index contributed by atoms with van der Waals surface area (Å²) >= 11 is 5.97. The van der Waals surface area contributed by atoms with Crippen LogP contribution in [0.2, 0.25) is 5.02 Å². The van der Waals surface area contributed by atoms with E-state index in [0.717, 1.165) is 24.5 Å². The van der Waals surface area contributed by atoms with Gasteiger partial charge < -0.3 is 5.32 Å². The second-order valence-electron chi connectivity index (χ2n) is 4.86. The van der Waals surface area contributed by atoms with E-state index in [9.17, 15) is 0 Å². The van der Waals surface area contributed by atoms with Crippen LogP contribution in [-0.4, -0.2) is 6.54 Å². The van der Waals surface area contributed by atoms with E-state index in [0.29, 0.717) is 5.41 Å². The molecule has 0 bridgehead atoms. The van der Waals surface area contributed by atoms with Gasteiger partial charge in [0.25, 0.3) is 0 Å². The normalized spacial score (nSPS) is 19.9. The highest BCUT2D eigenvalue weighted by atomic mass is 35.5. The van der Waals surface area contributed by atoms with Crippen LogP contribution in [0.1, 0.15) is 25.0 Å². The second-order valence-corrected chi connectivity index (χ2v) is 5.29. The fourth-order valence-corrected chi connectivity index (χ4v) is 2.24. The number of benzene rings is 1.